The molecule has 0 aliphatic heterocycles. The molecular weight excluding hydrogens is 888 g/mol. The number of hydrogen-bond acceptors (Lipinski definition) is 4. The quantitative estimate of drug-likeness (QED) is 0.0304. The summed E-state index contributed by atoms with van der Waals surface area (Å²) < 4.78 is 38.5. The first kappa shape index (κ1) is 55.3. The van der Waals surface area contributed by atoms with Crippen LogP contribution >= 0.6 is 7.82 Å². The van der Waals surface area contributed by atoms with Crippen LogP contribution in [0.5, 0.6) is 17.2 Å². The molecule has 0 N–H and O–H groups in total. The van der Waals surface area contributed by atoms with Gasteiger partial charge >= 0.3 is 7.82 Å². The first-order valence-corrected chi connectivity index (χ1v) is 29.3. The highest BCUT2D eigenvalue weighted by Crippen LogP contribution is 2.57. The van der Waals surface area contributed by atoms with Gasteiger partial charge in [0, 0.05) is 16.7 Å². The number of unbranched alkanes of at least 4 members (excludes halogenated alkanes) is 12. The number of phosphoric ester groups is 1. The van der Waals surface area contributed by atoms with E-state index in [4.69, 9.17) is 13.6 Å². The molecule has 0 aromatic heterocycles. The lowest BCUT2D eigenvalue weighted by atomic mass is 9.97. The van der Waals surface area contributed by atoms with Crippen molar-refractivity contribution < 1.29 is 18.1 Å². The molecule has 71 heavy (non-hydrogen) atoms. The molecule has 5 heteroatoms. The fraction of sp³-hybridized carbons (Fsp3) is 0.455. The molecule has 6 rings (SSSR count). The van der Waals surface area contributed by atoms with E-state index in [2.05, 4.69) is 169 Å². The van der Waals surface area contributed by atoms with Crippen LogP contribution in [0.4, 0.5) is 0 Å². The number of hydrogen-bond donors (Lipinski definition) is 0. The van der Waals surface area contributed by atoms with Crippen molar-refractivity contribution in [3.8, 4) is 50.6 Å². The lowest BCUT2D eigenvalue weighted by Crippen LogP contribution is -2.12. The van der Waals surface area contributed by atoms with Gasteiger partial charge in [0.15, 0.2) is 0 Å². The molecule has 0 spiro atoms. The van der Waals surface area contributed by atoms with Crippen molar-refractivity contribution in [1.82, 2.24) is 0 Å². The second-order valence-electron chi connectivity index (χ2n) is 21.3. The van der Waals surface area contributed by atoms with E-state index in [1.165, 1.54) is 77.0 Å². The van der Waals surface area contributed by atoms with Crippen molar-refractivity contribution in [1.29, 1.82) is 0 Å². The van der Waals surface area contributed by atoms with Gasteiger partial charge in [-0.3, -0.25) is 0 Å². The minimum atomic E-state index is -4.60. The molecule has 380 valence electrons. The van der Waals surface area contributed by atoms with Crippen molar-refractivity contribution in [2.45, 2.75) is 176 Å². The van der Waals surface area contributed by atoms with Gasteiger partial charge in [-0.1, -0.05) is 283 Å². The van der Waals surface area contributed by atoms with Gasteiger partial charge in [-0.25, -0.2) is 0 Å². The molecule has 6 aromatic carbocycles. The highest BCUT2D eigenvalue weighted by atomic mass is 31.2. The average Bonchev–Trinajstić information content (AvgIpc) is 3.37. The van der Waals surface area contributed by atoms with E-state index in [1.54, 1.807) is 0 Å². The Hall–Kier alpha value is -5.05. The Morgan fingerprint density at radius 2 is 0.563 bits per heavy atom. The molecule has 0 heterocycles. The summed E-state index contributed by atoms with van der Waals surface area (Å²) in [6.07, 6.45) is 23.6. The van der Waals surface area contributed by atoms with Gasteiger partial charge in [0.2, 0.25) is 0 Å². The number of para-hydroxylation sites is 3. The molecular formula is C66H87O4P. The van der Waals surface area contributed by atoms with E-state index < -0.39 is 7.82 Å². The van der Waals surface area contributed by atoms with E-state index in [0.29, 0.717) is 17.2 Å². The van der Waals surface area contributed by atoms with Crippen molar-refractivity contribution in [2.75, 3.05) is 0 Å². The molecule has 0 bridgehead atoms. The van der Waals surface area contributed by atoms with Crippen molar-refractivity contribution in [2.24, 2.45) is 17.8 Å². The number of benzene rings is 6. The number of aryl methyl sites for hydroxylation is 3. The van der Waals surface area contributed by atoms with Gasteiger partial charge in [0.25, 0.3) is 0 Å². The zero-order chi connectivity index (χ0) is 50.1. The zero-order valence-corrected chi connectivity index (χ0v) is 45.4. The number of rotatable bonds is 33. The topological polar surface area (TPSA) is 44.8 Å². The summed E-state index contributed by atoms with van der Waals surface area (Å²) in [5.41, 5.74) is 8.59. The summed E-state index contributed by atoms with van der Waals surface area (Å²) >= 11 is 0. The molecule has 0 unspecified atom stereocenters. The molecule has 0 fully saturated rings. The first-order chi connectivity index (χ1) is 34.6. The minimum Gasteiger partial charge on any atom is -0.385 e. The van der Waals surface area contributed by atoms with Gasteiger partial charge < -0.3 is 13.6 Å². The molecule has 0 aliphatic rings. The Labute approximate surface area is 431 Å². The molecule has 0 amide bonds. The van der Waals surface area contributed by atoms with E-state index in [9.17, 15) is 0 Å². The summed E-state index contributed by atoms with van der Waals surface area (Å²) in [5, 5.41) is 0. The third kappa shape index (κ3) is 18.5. The SMILES string of the molecule is CC(C)CCCCCCCc1cccc(-c2ccccc2)c1OP(=O)(Oc1c(CCCCCCCC(C)C)cccc1-c1ccccc1)Oc1c(CCCCCCCC(C)C)cccc1-c1ccccc1. The average molecular weight is 975 g/mol. The Bertz CT molecular complexity index is 2190. The second-order valence-corrected chi connectivity index (χ2v) is 22.7. The van der Waals surface area contributed by atoms with Crippen LogP contribution in [0.1, 0.15) is 174 Å². The second kappa shape index (κ2) is 30.1. The molecule has 0 radical (unpaired) electrons. The highest BCUT2D eigenvalue weighted by Gasteiger charge is 2.38. The maximum atomic E-state index is 16.8. The van der Waals surface area contributed by atoms with Crippen LogP contribution in [0, 0.1) is 17.8 Å². The smallest absolute Gasteiger partial charge is 0.385 e. The lowest BCUT2D eigenvalue weighted by Gasteiger charge is -2.26. The molecule has 0 saturated carbocycles. The zero-order valence-electron chi connectivity index (χ0n) is 44.5. The third-order valence-electron chi connectivity index (χ3n) is 13.8. The van der Waals surface area contributed by atoms with Gasteiger partial charge in [-0.15, -0.1) is 0 Å². The van der Waals surface area contributed by atoms with Gasteiger partial charge in [0.1, 0.15) is 17.2 Å². The summed E-state index contributed by atoms with van der Waals surface area (Å²) in [5.74, 6) is 3.87. The fourth-order valence-corrected chi connectivity index (χ4v) is 11.2. The van der Waals surface area contributed by atoms with Crippen LogP contribution in [0.15, 0.2) is 146 Å². The maximum Gasteiger partial charge on any atom is 0.647 e. The van der Waals surface area contributed by atoms with Crippen LogP contribution in [-0.2, 0) is 23.8 Å². The number of phosphoric acid groups is 1. The summed E-state index contributed by atoms with van der Waals surface area (Å²) in [4.78, 5) is 0. The molecule has 0 atom stereocenters. The monoisotopic (exact) mass is 975 g/mol. The van der Waals surface area contributed by atoms with E-state index >= 15 is 4.57 Å². The van der Waals surface area contributed by atoms with Crippen LogP contribution in [0.3, 0.4) is 0 Å². The molecule has 6 aromatic rings. The molecule has 0 aliphatic carbocycles. The van der Waals surface area contributed by atoms with Crippen molar-refractivity contribution >= 4 is 7.82 Å². The lowest BCUT2D eigenvalue weighted by molar-refractivity contribution is 0.296. The van der Waals surface area contributed by atoms with Crippen LogP contribution in [0.2, 0.25) is 0 Å². The summed E-state index contributed by atoms with van der Waals surface area (Å²) in [6, 6.07) is 50.0. The summed E-state index contributed by atoms with van der Waals surface area (Å²) in [6.45, 7) is 13.9. The van der Waals surface area contributed by atoms with Gasteiger partial charge in [-0.05, 0) is 89.7 Å². The summed E-state index contributed by atoms with van der Waals surface area (Å²) in [7, 11) is -4.60. The standard InChI is InChI=1S/C66H87O4P/c1-52(2)34-19-10-7-13-22-43-58-46-31-49-61(55-37-25-16-26-38-55)64(58)68-71(67,69-65-59(44-23-14-8-11-20-35-53(3)4)47-32-50-62(65)56-39-27-17-28-40-56)70-66-60(45-24-15-9-12-21-36-54(5)6)48-33-51-63(66)57-41-29-18-30-42-57/h16-18,25-33,37-42,46-54H,7-15,19-24,34-36,43-45H2,1-6H3. The Morgan fingerprint density at radius 3 is 0.831 bits per heavy atom. The largest absolute Gasteiger partial charge is 0.647 e. The predicted octanol–water partition coefficient (Wildman–Crippen LogP) is 20.9. The molecule has 0 saturated heterocycles. The van der Waals surface area contributed by atoms with Crippen molar-refractivity contribution in [3.63, 3.8) is 0 Å². The van der Waals surface area contributed by atoms with E-state index in [1.807, 2.05) is 18.2 Å². The molecule has 4 nitrogen and oxygen atoms in total. The highest BCUT2D eigenvalue weighted by molar-refractivity contribution is 7.49. The Morgan fingerprint density at radius 1 is 0.310 bits per heavy atom. The third-order valence-corrected chi connectivity index (χ3v) is 15.1. The van der Waals surface area contributed by atoms with Crippen LogP contribution in [0.25, 0.3) is 33.4 Å². The first-order valence-electron chi connectivity index (χ1n) is 27.8. The normalized spacial score (nSPS) is 11.7. The van der Waals surface area contributed by atoms with E-state index in [-0.39, 0.29) is 0 Å². The van der Waals surface area contributed by atoms with E-state index in [0.717, 1.165) is 126 Å². The Kier molecular flexibility index (Phi) is 23.4. The van der Waals surface area contributed by atoms with Gasteiger partial charge in [-0.2, -0.15) is 4.57 Å². The van der Waals surface area contributed by atoms with Crippen LogP contribution < -0.4 is 13.6 Å². The van der Waals surface area contributed by atoms with Crippen LogP contribution in [-0.4, -0.2) is 0 Å². The minimum absolute atomic E-state index is 0.558. The van der Waals surface area contributed by atoms with Gasteiger partial charge in [0.05, 0.1) is 0 Å². The predicted molar refractivity (Wildman–Crippen MR) is 304 cm³/mol. The maximum absolute atomic E-state index is 16.8. The van der Waals surface area contributed by atoms with Crippen molar-refractivity contribution in [3.05, 3.63) is 162 Å². The fourth-order valence-electron chi connectivity index (χ4n) is 9.79. The Balaban J connectivity index is 1.44.